The van der Waals surface area contributed by atoms with Crippen molar-refractivity contribution in [2.45, 2.75) is 65.7 Å². The van der Waals surface area contributed by atoms with E-state index in [0.717, 1.165) is 6.54 Å². The SMILES string of the molecule is CCNCC1(CN2CCCC(C)(C)CC2)CCCC1. The van der Waals surface area contributed by atoms with E-state index in [1.165, 1.54) is 71.1 Å². The molecule has 1 heterocycles. The van der Waals surface area contributed by atoms with Crippen molar-refractivity contribution in [2.75, 3.05) is 32.7 Å². The second-order valence-electron chi connectivity index (χ2n) is 7.78. The van der Waals surface area contributed by atoms with E-state index in [1.54, 1.807) is 0 Å². The molecule has 19 heavy (non-hydrogen) atoms. The van der Waals surface area contributed by atoms with Gasteiger partial charge in [-0.15, -0.1) is 0 Å². The quantitative estimate of drug-likeness (QED) is 0.817. The van der Waals surface area contributed by atoms with Crippen LogP contribution in [0.1, 0.15) is 65.7 Å². The van der Waals surface area contributed by atoms with Crippen molar-refractivity contribution in [2.24, 2.45) is 10.8 Å². The monoisotopic (exact) mass is 266 g/mol. The third-order valence-electron chi connectivity index (χ3n) is 5.41. The summed E-state index contributed by atoms with van der Waals surface area (Å²) >= 11 is 0. The molecule has 0 unspecified atom stereocenters. The molecule has 1 N–H and O–H groups in total. The van der Waals surface area contributed by atoms with Crippen LogP contribution in [-0.4, -0.2) is 37.6 Å². The van der Waals surface area contributed by atoms with Crippen LogP contribution >= 0.6 is 0 Å². The number of hydrogen-bond acceptors (Lipinski definition) is 2. The minimum Gasteiger partial charge on any atom is -0.316 e. The Morgan fingerprint density at radius 1 is 0.947 bits per heavy atom. The highest BCUT2D eigenvalue weighted by molar-refractivity contribution is 4.90. The predicted octanol–water partition coefficient (Wildman–Crippen LogP) is 3.67. The Bertz CT molecular complexity index is 266. The van der Waals surface area contributed by atoms with Gasteiger partial charge in [0.15, 0.2) is 0 Å². The molecule has 0 amide bonds. The first kappa shape index (κ1) is 15.3. The molecular weight excluding hydrogens is 232 g/mol. The van der Waals surface area contributed by atoms with E-state index < -0.39 is 0 Å². The molecule has 1 aliphatic carbocycles. The van der Waals surface area contributed by atoms with Gasteiger partial charge in [-0.3, -0.25) is 0 Å². The molecule has 1 saturated heterocycles. The average molecular weight is 266 g/mol. The average Bonchev–Trinajstić information content (AvgIpc) is 2.75. The fourth-order valence-corrected chi connectivity index (χ4v) is 4.02. The highest BCUT2D eigenvalue weighted by Crippen LogP contribution is 2.39. The van der Waals surface area contributed by atoms with Gasteiger partial charge in [-0.25, -0.2) is 0 Å². The Labute approximate surface area is 120 Å². The van der Waals surface area contributed by atoms with Crippen LogP contribution in [0, 0.1) is 10.8 Å². The Balaban J connectivity index is 1.90. The first-order valence-corrected chi connectivity index (χ1v) is 8.48. The molecule has 0 spiro atoms. The second kappa shape index (κ2) is 6.58. The molecule has 0 bridgehead atoms. The zero-order chi connectivity index (χ0) is 13.8. The number of hydrogen-bond donors (Lipinski definition) is 1. The third kappa shape index (κ3) is 4.46. The Hall–Kier alpha value is -0.0800. The number of nitrogens with one attached hydrogen (secondary N) is 1. The fourth-order valence-electron chi connectivity index (χ4n) is 4.02. The minimum atomic E-state index is 0.569. The molecule has 2 aliphatic rings. The zero-order valence-electron chi connectivity index (χ0n) is 13.4. The smallest absolute Gasteiger partial charge is 0.00501 e. The molecule has 112 valence electrons. The maximum absolute atomic E-state index is 3.63. The van der Waals surface area contributed by atoms with Crippen LogP contribution in [0.5, 0.6) is 0 Å². The van der Waals surface area contributed by atoms with E-state index in [2.05, 4.69) is 31.0 Å². The van der Waals surface area contributed by atoms with Gasteiger partial charge in [0.2, 0.25) is 0 Å². The second-order valence-corrected chi connectivity index (χ2v) is 7.78. The zero-order valence-corrected chi connectivity index (χ0v) is 13.4. The van der Waals surface area contributed by atoms with Crippen LogP contribution in [0.4, 0.5) is 0 Å². The van der Waals surface area contributed by atoms with Gasteiger partial charge in [0, 0.05) is 13.1 Å². The van der Waals surface area contributed by atoms with Crippen molar-refractivity contribution in [3.63, 3.8) is 0 Å². The molecule has 2 fully saturated rings. The molecule has 2 rings (SSSR count). The summed E-state index contributed by atoms with van der Waals surface area (Å²) in [7, 11) is 0. The first-order valence-electron chi connectivity index (χ1n) is 8.48. The van der Waals surface area contributed by atoms with Crippen molar-refractivity contribution in [3.05, 3.63) is 0 Å². The summed E-state index contributed by atoms with van der Waals surface area (Å²) in [5, 5.41) is 3.63. The maximum atomic E-state index is 3.63. The van der Waals surface area contributed by atoms with Crippen LogP contribution in [0.15, 0.2) is 0 Å². The summed E-state index contributed by atoms with van der Waals surface area (Å²) in [6, 6.07) is 0. The van der Waals surface area contributed by atoms with Gasteiger partial charge in [-0.1, -0.05) is 33.6 Å². The van der Waals surface area contributed by atoms with Crippen molar-refractivity contribution >= 4 is 0 Å². The molecule has 2 nitrogen and oxygen atoms in total. The van der Waals surface area contributed by atoms with E-state index in [0.29, 0.717) is 10.8 Å². The van der Waals surface area contributed by atoms with Crippen LogP contribution in [0.3, 0.4) is 0 Å². The summed E-state index contributed by atoms with van der Waals surface area (Å²) in [5.41, 5.74) is 1.16. The normalized spacial score (nSPS) is 27.3. The lowest BCUT2D eigenvalue weighted by atomic mass is 9.84. The molecule has 0 aromatic heterocycles. The minimum absolute atomic E-state index is 0.569. The molecule has 1 aliphatic heterocycles. The lowest BCUT2D eigenvalue weighted by Crippen LogP contribution is -2.43. The largest absolute Gasteiger partial charge is 0.316 e. The molecule has 0 radical (unpaired) electrons. The van der Waals surface area contributed by atoms with E-state index >= 15 is 0 Å². The summed E-state index contributed by atoms with van der Waals surface area (Å²) in [6.07, 6.45) is 9.97. The van der Waals surface area contributed by atoms with Crippen molar-refractivity contribution in [1.82, 2.24) is 10.2 Å². The van der Waals surface area contributed by atoms with E-state index in [4.69, 9.17) is 0 Å². The Kier molecular flexibility index (Phi) is 5.30. The summed E-state index contributed by atoms with van der Waals surface area (Å²) in [6.45, 7) is 13.5. The Morgan fingerprint density at radius 2 is 1.68 bits per heavy atom. The standard InChI is InChI=1S/C17H34N2/c1-4-18-14-17(9-5-6-10-17)15-19-12-7-8-16(2,3)11-13-19/h18H,4-15H2,1-3H3. The van der Waals surface area contributed by atoms with Gasteiger partial charge >= 0.3 is 0 Å². The number of nitrogens with zero attached hydrogens (tertiary/aromatic N) is 1. The van der Waals surface area contributed by atoms with Gasteiger partial charge in [-0.05, 0) is 62.6 Å². The number of rotatable bonds is 5. The van der Waals surface area contributed by atoms with Gasteiger partial charge in [0.25, 0.3) is 0 Å². The maximum Gasteiger partial charge on any atom is 0.00501 e. The van der Waals surface area contributed by atoms with Crippen LogP contribution in [0.25, 0.3) is 0 Å². The van der Waals surface area contributed by atoms with Crippen LogP contribution in [-0.2, 0) is 0 Å². The van der Waals surface area contributed by atoms with Crippen molar-refractivity contribution in [3.8, 4) is 0 Å². The molecular formula is C17H34N2. The molecule has 0 aromatic rings. The number of likely N-dealkylation sites (tertiary alicyclic amines) is 1. The molecule has 2 heteroatoms. The third-order valence-corrected chi connectivity index (χ3v) is 5.41. The topological polar surface area (TPSA) is 15.3 Å². The van der Waals surface area contributed by atoms with E-state index in [1.807, 2.05) is 0 Å². The summed E-state index contributed by atoms with van der Waals surface area (Å²) in [4.78, 5) is 2.78. The lowest BCUT2D eigenvalue weighted by molar-refractivity contribution is 0.149. The lowest BCUT2D eigenvalue weighted by Gasteiger charge is -2.35. The van der Waals surface area contributed by atoms with Crippen molar-refractivity contribution in [1.29, 1.82) is 0 Å². The van der Waals surface area contributed by atoms with Crippen molar-refractivity contribution < 1.29 is 0 Å². The highest BCUT2D eigenvalue weighted by atomic mass is 15.1. The van der Waals surface area contributed by atoms with Crippen LogP contribution in [0.2, 0.25) is 0 Å². The van der Waals surface area contributed by atoms with Crippen LogP contribution < -0.4 is 5.32 Å². The van der Waals surface area contributed by atoms with Gasteiger partial charge in [-0.2, -0.15) is 0 Å². The van der Waals surface area contributed by atoms with E-state index in [-0.39, 0.29) is 0 Å². The van der Waals surface area contributed by atoms with Gasteiger partial charge in [0.1, 0.15) is 0 Å². The van der Waals surface area contributed by atoms with Gasteiger partial charge in [0.05, 0.1) is 0 Å². The fraction of sp³-hybridized carbons (Fsp3) is 1.00. The first-order chi connectivity index (χ1) is 9.05. The Morgan fingerprint density at radius 3 is 2.37 bits per heavy atom. The highest BCUT2D eigenvalue weighted by Gasteiger charge is 2.36. The predicted molar refractivity (Wildman–Crippen MR) is 83.5 cm³/mol. The molecule has 1 saturated carbocycles. The molecule has 0 atom stereocenters. The van der Waals surface area contributed by atoms with E-state index in [9.17, 15) is 0 Å². The van der Waals surface area contributed by atoms with Gasteiger partial charge < -0.3 is 10.2 Å². The summed E-state index contributed by atoms with van der Waals surface area (Å²) < 4.78 is 0. The molecule has 0 aromatic carbocycles. The summed E-state index contributed by atoms with van der Waals surface area (Å²) in [5.74, 6) is 0.